The van der Waals surface area contributed by atoms with Crippen LogP contribution in [0.1, 0.15) is 29.0 Å². The Bertz CT molecular complexity index is 502. The van der Waals surface area contributed by atoms with Crippen molar-refractivity contribution < 1.29 is 4.74 Å². The Kier molecular flexibility index (Phi) is 4.86. The molecule has 2 aromatic carbocycles. The van der Waals surface area contributed by atoms with Gasteiger partial charge in [0.2, 0.25) is 0 Å². The lowest BCUT2D eigenvalue weighted by Gasteiger charge is -2.11. The molecule has 19 heavy (non-hydrogen) atoms. The van der Waals surface area contributed by atoms with Crippen molar-refractivity contribution in [1.82, 2.24) is 0 Å². The van der Waals surface area contributed by atoms with Gasteiger partial charge in [-0.1, -0.05) is 42.0 Å². The summed E-state index contributed by atoms with van der Waals surface area (Å²) in [5.41, 5.74) is 3.67. The third-order valence-corrected chi connectivity index (χ3v) is 3.49. The summed E-state index contributed by atoms with van der Waals surface area (Å²) in [6, 6.07) is 16.5. The van der Waals surface area contributed by atoms with E-state index in [1.165, 1.54) is 11.1 Å². The fourth-order valence-corrected chi connectivity index (χ4v) is 2.31. The number of benzene rings is 2. The molecule has 0 aliphatic heterocycles. The fraction of sp³-hybridized carbons (Fsp3) is 0.294. The molecule has 0 saturated carbocycles. The minimum atomic E-state index is -0.00150. The normalized spacial score (nSPS) is 12.2. The highest BCUT2D eigenvalue weighted by molar-refractivity contribution is 6.20. The van der Waals surface area contributed by atoms with Gasteiger partial charge < -0.3 is 4.74 Å². The van der Waals surface area contributed by atoms with Crippen LogP contribution in [0.5, 0.6) is 5.75 Å². The first-order chi connectivity index (χ1) is 9.19. The zero-order valence-corrected chi connectivity index (χ0v) is 12.2. The van der Waals surface area contributed by atoms with E-state index >= 15 is 0 Å². The molecule has 2 aromatic rings. The predicted octanol–water partition coefficient (Wildman–Crippen LogP) is 4.92. The van der Waals surface area contributed by atoms with Gasteiger partial charge in [0.25, 0.3) is 0 Å². The summed E-state index contributed by atoms with van der Waals surface area (Å²) in [5, 5.41) is -0.00150. The van der Waals surface area contributed by atoms with Crippen LogP contribution in [-0.4, -0.2) is 6.61 Å². The maximum atomic E-state index is 6.47. The molecule has 2 rings (SSSR count). The summed E-state index contributed by atoms with van der Waals surface area (Å²) in [7, 11) is 0. The highest BCUT2D eigenvalue weighted by Crippen LogP contribution is 2.26. The number of aryl methyl sites for hydroxylation is 1. The summed E-state index contributed by atoms with van der Waals surface area (Å²) in [6.45, 7) is 4.76. The Labute approximate surface area is 120 Å². The van der Waals surface area contributed by atoms with Crippen LogP contribution in [0.3, 0.4) is 0 Å². The minimum Gasteiger partial charge on any atom is -0.494 e. The molecule has 0 aliphatic carbocycles. The molecule has 0 spiro atoms. The summed E-state index contributed by atoms with van der Waals surface area (Å²) in [4.78, 5) is 0. The molecule has 1 atom stereocenters. The van der Waals surface area contributed by atoms with Crippen molar-refractivity contribution in [2.75, 3.05) is 6.61 Å². The van der Waals surface area contributed by atoms with Crippen LogP contribution in [0, 0.1) is 6.92 Å². The Morgan fingerprint density at radius 1 is 1.00 bits per heavy atom. The van der Waals surface area contributed by atoms with Gasteiger partial charge in [-0.3, -0.25) is 0 Å². The lowest BCUT2D eigenvalue weighted by atomic mass is 10.0. The second-order valence-corrected chi connectivity index (χ2v) is 5.19. The van der Waals surface area contributed by atoms with Crippen molar-refractivity contribution >= 4 is 11.6 Å². The Morgan fingerprint density at radius 2 is 1.63 bits per heavy atom. The highest BCUT2D eigenvalue weighted by Gasteiger charge is 2.09. The van der Waals surface area contributed by atoms with Crippen molar-refractivity contribution in [3.8, 4) is 5.75 Å². The van der Waals surface area contributed by atoms with Crippen LogP contribution in [0.25, 0.3) is 0 Å². The second kappa shape index (κ2) is 6.63. The molecular weight excluding hydrogens is 256 g/mol. The molecule has 0 N–H and O–H groups in total. The van der Waals surface area contributed by atoms with Gasteiger partial charge >= 0.3 is 0 Å². The number of rotatable bonds is 5. The maximum Gasteiger partial charge on any atom is 0.119 e. The number of alkyl halides is 1. The summed E-state index contributed by atoms with van der Waals surface area (Å²) in [5.74, 6) is 0.894. The number of hydrogen-bond donors (Lipinski definition) is 0. The average molecular weight is 275 g/mol. The van der Waals surface area contributed by atoms with E-state index in [0.29, 0.717) is 6.61 Å². The fourth-order valence-electron chi connectivity index (χ4n) is 1.99. The highest BCUT2D eigenvalue weighted by atomic mass is 35.5. The van der Waals surface area contributed by atoms with Crippen LogP contribution in [-0.2, 0) is 6.42 Å². The third kappa shape index (κ3) is 4.00. The molecule has 0 fully saturated rings. The molecule has 0 heterocycles. The summed E-state index contributed by atoms with van der Waals surface area (Å²) >= 11 is 6.47. The summed E-state index contributed by atoms with van der Waals surface area (Å²) < 4.78 is 5.43. The van der Waals surface area contributed by atoms with E-state index < -0.39 is 0 Å². The lowest BCUT2D eigenvalue weighted by molar-refractivity contribution is 0.340. The molecular formula is C17H19ClO. The van der Waals surface area contributed by atoms with Crippen molar-refractivity contribution in [3.05, 3.63) is 65.2 Å². The van der Waals surface area contributed by atoms with Gasteiger partial charge in [0.1, 0.15) is 5.75 Å². The van der Waals surface area contributed by atoms with Gasteiger partial charge in [0.05, 0.1) is 12.0 Å². The molecule has 0 bridgehead atoms. The zero-order chi connectivity index (χ0) is 13.7. The van der Waals surface area contributed by atoms with Gasteiger partial charge in [-0.2, -0.15) is 0 Å². The van der Waals surface area contributed by atoms with E-state index in [-0.39, 0.29) is 5.38 Å². The van der Waals surface area contributed by atoms with Crippen molar-refractivity contribution in [2.45, 2.75) is 25.6 Å². The van der Waals surface area contributed by atoms with E-state index in [2.05, 4.69) is 31.2 Å². The topological polar surface area (TPSA) is 9.23 Å². The van der Waals surface area contributed by atoms with Crippen LogP contribution in [0.4, 0.5) is 0 Å². The maximum absolute atomic E-state index is 6.47. The first-order valence-electron chi connectivity index (χ1n) is 6.61. The van der Waals surface area contributed by atoms with Crippen LogP contribution >= 0.6 is 11.6 Å². The summed E-state index contributed by atoms with van der Waals surface area (Å²) in [6.07, 6.45) is 0.843. The van der Waals surface area contributed by atoms with Crippen molar-refractivity contribution in [2.24, 2.45) is 0 Å². The molecule has 0 saturated heterocycles. The predicted molar refractivity (Wildman–Crippen MR) is 81.1 cm³/mol. The van der Waals surface area contributed by atoms with Crippen molar-refractivity contribution in [3.63, 3.8) is 0 Å². The Morgan fingerprint density at radius 3 is 2.21 bits per heavy atom. The van der Waals surface area contributed by atoms with E-state index in [4.69, 9.17) is 16.3 Å². The monoisotopic (exact) mass is 274 g/mol. The average Bonchev–Trinajstić information content (AvgIpc) is 2.42. The number of hydrogen-bond acceptors (Lipinski definition) is 1. The van der Waals surface area contributed by atoms with E-state index in [1.807, 2.05) is 31.2 Å². The first-order valence-corrected chi connectivity index (χ1v) is 7.05. The smallest absolute Gasteiger partial charge is 0.119 e. The third-order valence-electron chi connectivity index (χ3n) is 3.09. The van der Waals surface area contributed by atoms with Gasteiger partial charge in [-0.25, -0.2) is 0 Å². The standard InChI is InChI=1S/C17H19ClO/c1-3-19-16-10-8-15(9-11-16)17(18)12-14-6-4-13(2)5-7-14/h4-11,17H,3,12H2,1-2H3. The van der Waals surface area contributed by atoms with E-state index in [1.54, 1.807) is 0 Å². The molecule has 0 amide bonds. The SMILES string of the molecule is CCOc1ccc(C(Cl)Cc2ccc(C)cc2)cc1. The van der Waals surface area contributed by atoms with Gasteiger partial charge in [0, 0.05) is 0 Å². The van der Waals surface area contributed by atoms with Crippen LogP contribution in [0.15, 0.2) is 48.5 Å². The molecule has 1 nitrogen and oxygen atoms in total. The van der Waals surface area contributed by atoms with Gasteiger partial charge in [-0.05, 0) is 43.5 Å². The quantitative estimate of drug-likeness (QED) is 0.704. The van der Waals surface area contributed by atoms with Crippen LogP contribution < -0.4 is 4.74 Å². The number of ether oxygens (including phenoxy) is 1. The minimum absolute atomic E-state index is 0.00150. The Hall–Kier alpha value is -1.47. The largest absolute Gasteiger partial charge is 0.494 e. The van der Waals surface area contributed by atoms with Crippen LogP contribution in [0.2, 0.25) is 0 Å². The lowest BCUT2D eigenvalue weighted by Crippen LogP contribution is -1.97. The molecule has 1 unspecified atom stereocenters. The molecule has 0 radical (unpaired) electrons. The van der Waals surface area contributed by atoms with E-state index in [9.17, 15) is 0 Å². The zero-order valence-electron chi connectivity index (χ0n) is 11.4. The second-order valence-electron chi connectivity index (χ2n) is 4.66. The number of halogens is 1. The van der Waals surface area contributed by atoms with Gasteiger partial charge in [0.15, 0.2) is 0 Å². The molecule has 0 aliphatic rings. The molecule has 2 heteroatoms. The first kappa shape index (κ1) is 14.0. The Balaban J connectivity index is 2.02. The van der Waals surface area contributed by atoms with Crippen molar-refractivity contribution in [1.29, 1.82) is 0 Å². The van der Waals surface area contributed by atoms with E-state index in [0.717, 1.165) is 17.7 Å². The molecule has 100 valence electrons. The molecule has 0 aromatic heterocycles. The van der Waals surface area contributed by atoms with Gasteiger partial charge in [-0.15, -0.1) is 11.6 Å².